The fourth-order valence-electron chi connectivity index (χ4n) is 3.48. The molecule has 0 heterocycles. The summed E-state index contributed by atoms with van der Waals surface area (Å²) in [6.07, 6.45) is 0. The van der Waals surface area contributed by atoms with Crippen LogP contribution in [0.25, 0.3) is 10.8 Å². The van der Waals surface area contributed by atoms with Gasteiger partial charge in [0, 0.05) is 6.54 Å². The van der Waals surface area contributed by atoms with E-state index in [-0.39, 0.29) is 11.5 Å². The van der Waals surface area contributed by atoms with E-state index in [0.29, 0.717) is 0 Å². The van der Waals surface area contributed by atoms with Gasteiger partial charge in [0.25, 0.3) is 0 Å². The lowest BCUT2D eigenvalue weighted by molar-refractivity contribution is 0.196. The van der Waals surface area contributed by atoms with Crippen LogP contribution in [0.2, 0.25) is 0 Å². The van der Waals surface area contributed by atoms with Crippen molar-refractivity contribution in [1.29, 1.82) is 0 Å². The average Bonchev–Trinajstić information content (AvgIpc) is 2.62. The van der Waals surface area contributed by atoms with Crippen molar-refractivity contribution in [3.63, 3.8) is 0 Å². The number of fused-ring (bicyclic) bond motifs is 1. The molecule has 0 N–H and O–H groups in total. The molecule has 0 saturated carbocycles. The fraction of sp³-hybridized carbons (Fsp3) is 0.333. The molecule has 0 aliphatic carbocycles. The van der Waals surface area contributed by atoms with Crippen molar-refractivity contribution < 1.29 is 4.39 Å². The number of rotatable bonds is 5. The molecular weight excluding hydrogens is 321 g/mol. The summed E-state index contributed by atoms with van der Waals surface area (Å²) in [6, 6.07) is 22.9. The highest BCUT2D eigenvalue weighted by Crippen LogP contribution is 2.28. The van der Waals surface area contributed by atoms with Gasteiger partial charge in [-0.25, -0.2) is 4.39 Å². The molecule has 0 saturated heterocycles. The lowest BCUT2D eigenvalue weighted by Crippen LogP contribution is -2.26. The molecule has 0 radical (unpaired) electrons. The Kier molecular flexibility index (Phi) is 5.43. The minimum Gasteiger partial charge on any atom is -0.293 e. The van der Waals surface area contributed by atoms with Gasteiger partial charge in [-0.1, -0.05) is 87.5 Å². The Morgan fingerprint density at radius 3 is 2.19 bits per heavy atom. The molecule has 0 spiro atoms. The zero-order valence-corrected chi connectivity index (χ0v) is 16.2. The van der Waals surface area contributed by atoms with Crippen molar-refractivity contribution >= 4 is 10.8 Å². The Morgan fingerprint density at radius 2 is 1.54 bits per heavy atom. The van der Waals surface area contributed by atoms with Crippen LogP contribution >= 0.6 is 0 Å². The molecule has 1 nitrogen and oxygen atoms in total. The van der Waals surface area contributed by atoms with Crippen molar-refractivity contribution in [3.05, 3.63) is 83.4 Å². The SMILES string of the molecule is CN(Cc1cccc2ccccc12)[C@@H](CF)c1ccc(C(C)(C)C)cc1. The molecule has 136 valence electrons. The first-order chi connectivity index (χ1) is 12.4. The number of nitrogens with zero attached hydrogens (tertiary/aromatic N) is 1. The Balaban J connectivity index is 1.83. The van der Waals surface area contributed by atoms with E-state index < -0.39 is 6.67 Å². The van der Waals surface area contributed by atoms with Gasteiger partial charge >= 0.3 is 0 Å². The smallest absolute Gasteiger partial charge is 0.109 e. The Morgan fingerprint density at radius 1 is 0.885 bits per heavy atom. The predicted molar refractivity (Wildman–Crippen MR) is 109 cm³/mol. The predicted octanol–water partition coefficient (Wildman–Crippen LogP) is 6.28. The van der Waals surface area contributed by atoms with Crippen LogP contribution < -0.4 is 0 Å². The third-order valence-electron chi connectivity index (χ3n) is 5.14. The molecule has 26 heavy (non-hydrogen) atoms. The van der Waals surface area contributed by atoms with Gasteiger partial charge < -0.3 is 0 Å². The molecule has 0 aromatic heterocycles. The maximum Gasteiger partial charge on any atom is 0.109 e. The van der Waals surface area contributed by atoms with E-state index in [1.165, 1.54) is 21.9 Å². The van der Waals surface area contributed by atoms with E-state index >= 15 is 0 Å². The van der Waals surface area contributed by atoms with Gasteiger partial charge in [-0.3, -0.25) is 4.90 Å². The molecule has 0 unspecified atom stereocenters. The Hall–Kier alpha value is -2.19. The van der Waals surface area contributed by atoms with Gasteiger partial charge in [-0.2, -0.15) is 0 Å². The molecule has 3 aromatic rings. The van der Waals surface area contributed by atoms with E-state index in [2.05, 4.69) is 92.4 Å². The minimum absolute atomic E-state index is 0.110. The highest BCUT2D eigenvalue weighted by Gasteiger charge is 2.19. The molecule has 3 aromatic carbocycles. The largest absolute Gasteiger partial charge is 0.293 e. The van der Waals surface area contributed by atoms with Gasteiger partial charge in [0.1, 0.15) is 6.67 Å². The summed E-state index contributed by atoms with van der Waals surface area (Å²) in [7, 11) is 2.00. The molecule has 0 fully saturated rings. The summed E-state index contributed by atoms with van der Waals surface area (Å²) < 4.78 is 13.9. The van der Waals surface area contributed by atoms with Gasteiger partial charge in [0.05, 0.1) is 6.04 Å². The van der Waals surface area contributed by atoms with E-state index in [1.54, 1.807) is 0 Å². The quantitative estimate of drug-likeness (QED) is 0.524. The van der Waals surface area contributed by atoms with Crippen molar-refractivity contribution in [2.24, 2.45) is 0 Å². The number of hydrogen-bond acceptors (Lipinski definition) is 1. The second-order valence-corrected chi connectivity index (χ2v) is 8.10. The summed E-state index contributed by atoms with van der Waals surface area (Å²) in [5, 5.41) is 2.47. The minimum atomic E-state index is -0.393. The third kappa shape index (κ3) is 3.96. The van der Waals surface area contributed by atoms with Crippen molar-refractivity contribution in [2.45, 2.75) is 38.8 Å². The molecule has 3 rings (SSSR count). The zero-order valence-electron chi connectivity index (χ0n) is 16.2. The van der Waals surface area contributed by atoms with E-state index in [4.69, 9.17) is 0 Å². The maximum atomic E-state index is 13.9. The first-order valence-electron chi connectivity index (χ1n) is 9.23. The van der Waals surface area contributed by atoms with Gasteiger partial charge in [0.15, 0.2) is 0 Å². The van der Waals surface area contributed by atoms with E-state index in [0.717, 1.165) is 12.1 Å². The van der Waals surface area contributed by atoms with Crippen LogP contribution in [0.4, 0.5) is 4.39 Å². The standard InChI is InChI=1S/C24H28FN/c1-24(2,3)21-14-12-19(13-15-21)23(16-25)26(4)17-20-10-7-9-18-8-5-6-11-22(18)20/h5-15,23H,16-17H2,1-4H3/t23-/m0/s1. The molecule has 0 aliphatic rings. The molecular formula is C24H28FN. The lowest BCUT2D eigenvalue weighted by Gasteiger charge is -2.27. The molecule has 0 bridgehead atoms. The molecule has 0 amide bonds. The normalized spacial score (nSPS) is 13.3. The first kappa shape index (κ1) is 18.6. The average molecular weight is 349 g/mol. The molecule has 1 atom stereocenters. The van der Waals surface area contributed by atoms with E-state index in [1.807, 2.05) is 7.05 Å². The fourth-order valence-corrected chi connectivity index (χ4v) is 3.48. The number of halogens is 1. The van der Waals surface area contributed by atoms with E-state index in [9.17, 15) is 4.39 Å². The maximum absolute atomic E-state index is 13.9. The van der Waals surface area contributed by atoms with Crippen LogP contribution in [0.15, 0.2) is 66.7 Å². The molecule has 0 aliphatic heterocycles. The van der Waals surface area contributed by atoms with Crippen molar-refractivity contribution in [2.75, 3.05) is 13.7 Å². The van der Waals surface area contributed by atoms with Gasteiger partial charge in [-0.05, 0) is 39.9 Å². The molecule has 2 heteroatoms. The summed E-state index contributed by atoms with van der Waals surface area (Å²) in [4.78, 5) is 2.11. The topological polar surface area (TPSA) is 3.24 Å². The zero-order chi connectivity index (χ0) is 18.7. The Labute approximate surface area is 156 Å². The first-order valence-corrected chi connectivity index (χ1v) is 9.23. The second-order valence-electron chi connectivity index (χ2n) is 8.10. The van der Waals surface area contributed by atoms with Crippen LogP contribution in [-0.2, 0) is 12.0 Å². The summed E-state index contributed by atoms with van der Waals surface area (Å²) in [6.45, 7) is 6.91. The lowest BCUT2D eigenvalue weighted by atomic mass is 9.86. The van der Waals surface area contributed by atoms with Gasteiger partial charge in [0.2, 0.25) is 0 Å². The summed E-state index contributed by atoms with van der Waals surface area (Å²) in [5.41, 5.74) is 3.65. The van der Waals surface area contributed by atoms with Gasteiger partial charge in [-0.15, -0.1) is 0 Å². The van der Waals surface area contributed by atoms with Crippen LogP contribution in [0.5, 0.6) is 0 Å². The Bertz CT molecular complexity index is 856. The summed E-state index contributed by atoms with van der Waals surface area (Å²) in [5.74, 6) is 0. The monoisotopic (exact) mass is 349 g/mol. The van der Waals surface area contributed by atoms with Crippen LogP contribution in [-0.4, -0.2) is 18.6 Å². The third-order valence-corrected chi connectivity index (χ3v) is 5.14. The second kappa shape index (κ2) is 7.59. The summed E-state index contributed by atoms with van der Waals surface area (Å²) >= 11 is 0. The van der Waals surface area contributed by atoms with Crippen LogP contribution in [0, 0.1) is 0 Å². The van der Waals surface area contributed by atoms with Crippen LogP contribution in [0.1, 0.15) is 43.5 Å². The number of hydrogen-bond donors (Lipinski definition) is 0. The highest BCUT2D eigenvalue weighted by atomic mass is 19.1. The van der Waals surface area contributed by atoms with Crippen molar-refractivity contribution in [3.8, 4) is 0 Å². The van der Waals surface area contributed by atoms with Crippen LogP contribution in [0.3, 0.4) is 0 Å². The number of alkyl halides is 1. The number of benzene rings is 3. The highest BCUT2D eigenvalue weighted by molar-refractivity contribution is 5.85. The van der Waals surface area contributed by atoms with Crippen molar-refractivity contribution in [1.82, 2.24) is 4.90 Å².